The monoisotopic (exact) mass is 333 g/mol. The van der Waals surface area contributed by atoms with Crippen molar-refractivity contribution in [1.82, 2.24) is 10.2 Å². The van der Waals surface area contributed by atoms with Gasteiger partial charge in [-0.3, -0.25) is 0 Å². The molecule has 1 aromatic rings. The molecule has 2 saturated heterocycles. The van der Waals surface area contributed by atoms with E-state index in [1.54, 1.807) is 7.11 Å². The lowest BCUT2D eigenvalue weighted by atomic mass is 10.1. The molecule has 2 heterocycles. The van der Waals surface area contributed by atoms with Gasteiger partial charge in [-0.2, -0.15) is 0 Å². The minimum atomic E-state index is 0.0117. The summed E-state index contributed by atoms with van der Waals surface area (Å²) in [5.41, 5.74) is 1.09. The molecule has 0 aromatic heterocycles. The van der Waals surface area contributed by atoms with Crippen LogP contribution in [0.4, 0.5) is 10.5 Å². The molecule has 0 aliphatic carbocycles. The Kier molecular flexibility index (Phi) is 5.45. The number of anilines is 1. The van der Waals surface area contributed by atoms with Crippen molar-refractivity contribution in [2.75, 3.05) is 44.8 Å². The summed E-state index contributed by atoms with van der Waals surface area (Å²) in [5.74, 6) is 0.877. The lowest BCUT2D eigenvalue weighted by molar-refractivity contribution is 0.0831. The van der Waals surface area contributed by atoms with Gasteiger partial charge in [0.15, 0.2) is 0 Å². The lowest BCUT2D eigenvalue weighted by Crippen LogP contribution is -2.54. The fourth-order valence-corrected chi connectivity index (χ4v) is 3.42. The average Bonchev–Trinajstić information content (AvgIpc) is 3.16. The Labute approximate surface area is 143 Å². The second kappa shape index (κ2) is 7.75. The minimum absolute atomic E-state index is 0.0117. The average molecular weight is 333 g/mol. The molecule has 2 amide bonds. The van der Waals surface area contributed by atoms with Crippen molar-refractivity contribution in [1.29, 1.82) is 0 Å². The van der Waals surface area contributed by atoms with E-state index in [2.05, 4.69) is 16.3 Å². The molecular formula is C18H27N3O3. The second-order valence-corrected chi connectivity index (χ2v) is 6.44. The molecule has 6 heteroatoms. The number of ether oxygens (including phenoxy) is 2. The zero-order chi connectivity index (χ0) is 16.9. The molecule has 0 radical (unpaired) electrons. The number of rotatable bonds is 4. The van der Waals surface area contributed by atoms with Crippen molar-refractivity contribution >= 4 is 11.7 Å². The Morgan fingerprint density at radius 3 is 2.71 bits per heavy atom. The van der Waals surface area contributed by atoms with Gasteiger partial charge in [-0.1, -0.05) is 12.1 Å². The van der Waals surface area contributed by atoms with Crippen LogP contribution < -0.4 is 15.0 Å². The first-order chi connectivity index (χ1) is 11.7. The van der Waals surface area contributed by atoms with Crippen LogP contribution in [0, 0.1) is 0 Å². The zero-order valence-electron chi connectivity index (χ0n) is 14.5. The molecule has 2 aliphatic rings. The molecule has 6 nitrogen and oxygen atoms in total. The zero-order valence-corrected chi connectivity index (χ0v) is 14.5. The standard InChI is InChI=1S/C18H27N3O3/c1-14(16-8-5-13-24-16)19-18(22)21-11-9-20(10-12-21)15-6-3-4-7-17(15)23-2/h3-4,6-7,14,16H,5,8-13H2,1-2H3,(H,19,22)/t14-,16-/m1/s1. The van der Waals surface area contributed by atoms with Gasteiger partial charge in [0.25, 0.3) is 0 Å². The molecule has 0 bridgehead atoms. The molecule has 2 fully saturated rings. The van der Waals surface area contributed by atoms with Gasteiger partial charge in [0.1, 0.15) is 5.75 Å². The smallest absolute Gasteiger partial charge is 0.317 e. The van der Waals surface area contributed by atoms with E-state index >= 15 is 0 Å². The largest absolute Gasteiger partial charge is 0.495 e. The Balaban J connectivity index is 1.52. The highest BCUT2D eigenvalue weighted by Gasteiger charge is 2.27. The summed E-state index contributed by atoms with van der Waals surface area (Å²) in [4.78, 5) is 16.6. The Hall–Kier alpha value is -1.95. The van der Waals surface area contributed by atoms with Crippen LogP contribution in [0.2, 0.25) is 0 Å². The van der Waals surface area contributed by atoms with E-state index in [0.717, 1.165) is 44.0 Å². The molecule has 132 valence electrons. The minimum Gasteiger partial charge on any atom is -0.495 e. The van der Waals surface area contributed by atoms with Crippen LogP contribution in [0.15, 0.2) is 24.3 Å². The highest BCUT2D eigenvalue weighted by atomic mass is 16.5. The molecule has 1 aromatic carbocycles. The van der Waals surface area contributed by atoms with Crippen LogP contribution in [-0.4, -0.2) is 63.0 Å². The first kappa shape index (κ1) is 16.9. The maximum absolute atomic E-state index is 12.4. The Bertz CT molecular complexity index is 552. The normalized spacial score (nSPS) is 22.3. The molecule has 2 atom stereocenters. The number of methoxy groups -OCH3 is 1. The number of amides is 2. The number of urea groups is 1. The summed E-state index contributed by atoms with van der Waals surface area (Å²) < 4.78 is 11.1. The first-order valence-electron chi connectivity index (χ1n) is 8.74. The molecule has 1 N–H and O–H groups in total. The summed E-state index contributed by atoms with van der Waals surface area (Å²) >= 11 is 0. The van der Waals surface area contributed by atoms with E-state index in [1.165, 1.54) is 0 Å². The van der Waals surface area contributed by atoms with Gasteiger partial charge in [0.05, 0.1) is 24.9 Å². The molecule has 0 spiro atoms. The van der Waals surface area contributed by atoms with Crippen molar-refractivity contribution in [2.45, 2.75) is 31.9 Å². The lowest BCUT2D eigenvalue weighted by Gasteiger charge is -2.37. The van der Waals surface area contributed by atoms with Crippen molar-refractivity contribution < 1.29 is 14.3 Å². The highest BCUT2D eigenvalue weighted by molar-refractivity contribution is 5.75. The van der Waals surface area contributed by atoms with Gasteiger partial charge >= 0.3 is 6.03 Å². The van der Waals surface area contributed by atoms with Gasteiger partial charge < -0.3 is 24.6 Å². The fraction of sp³-hybridized carbons (Fsp3) is 0.611. The van der Waals surface area contributed by atoms with Crippen molar-refractivity contribution in [3.63, 3.8) is 0 Å². The summed E-state index contributed by atoms with van der Waals surface area (Å²) in [7, 11) is 1.69. The third-order valence-electron chi connectivity index (χ3n) is 4.87. The topological polar surface area (TPSA) is 54.0 Å². The first-order valence-corrected chi connectivity index (χ1v) is 8.74. The van der Waals surface area contributed by atoms with E-state index < -0.39 is 0 Å². The summed E-state index contributed by atoms with van der Waals surface area (Å²) in [5, 5.41) is 3.09. The molecule has 24 heavy (non-hydrogen) atoms. The van der Waals surface area contributed by atoms with Gasteiger partial charge in [0, 0.05) is 32.8 Å². The number of nitrogens with one attached hydrogen (secondary N) is 1. The van der Waals surface area contributed by atoms with E-state index in [9.17, 15) is 4.79 Å². The maximum atomic E-state index is 12.4. The van der Waals surface area contributed by atoms with Gasteiger partial charge in [-0.05, 0) is 31.9 Å². The van der Waals surface area contributed by atoms with Crippen molar-refractivity contribution in [3.05, 3.63) is 24.3 Å². The summed E-state index contributed by atoms with van der Waals surface area (Å²) in [6.07, 6.45) is 2.27. The van der Waals surface area contributed by atoms with E-state index in [4.69, 9.17) is 9.47 Å². The third kappa shape index (κ3) is 3.75. The number of hydrogen-bond donors (Lipinski definition) is 1. The number of carbonyl (C=O) groups is 1. The quantitative estimate of drug-likeness (QED) is 0.917. The number of para-hydroxylation sites is 2. The third-order valence-corrected chi connectivity index (χ3v) is 4.87. The van der Waals surface area contributed by atoms with Crippen LogP contribution >= 0.6 is 0 Å². The van der Waals surface area contributed by atoms with Crippen molar-refractivity contribution in [3.8, 4) is 5.75 Å². The SMILES string of the molecule is COc1ccccc1N1CCN(C(=O)N[C@H](C)[C@H]2CCCO2)CC1. The van der Waals surface area contributed by atoms with Gasteiger partial charge in [0.2, 0.25) is 0 Å². The van der Waals surface area contributed by atoms with E-state index in [1.807, 2.05) is 30.0 Å². The summed E-state index contributed by atoms with van der Waals surface area (Å²) in [6.45, 7) is 5.87. The maximum Gasteiger partial charge on any atom is 0.317 e. The number of piperazine rings is 1. The van der Waals surface area contributed by atoms with E-state index in [0.29, 0.717) is 13.1 Å². The summed E-state index contributed by atoms with van der Waals surface area (Å²) in [6, 6.07) is 8.09. The highest BCUT2D eigenvalue weighted by Crippen LogP contribution is 2.28. The Morgan fingerprint density at radius 1 is 1.29 bits per heavy atom. The second-order valence-electron chi connectivity index (χ2n) is 6.44. The molecule has 0 saturated carbocycles. The van der Waals surface area contributed by atoms with Crippen LogP contribution in [0.25, 0.3) is 0 Å². The predicted octanol–water partition coefficient (Wildman–Crippen LogP) is 2.09. The molecule has 2 aliphatic heterocycles. The van der Waals surface area contributed by atoms with Gasteiger partial charge in [-0.25, -0.2) is 4.79 Å². The number of hydrogen-bond acceptors (Lipinski definition) is 4. The van der Waals surface area contributed by atoms with Crippen molar-refractivity contribution in [2.24, 2.45) is 0 Å². The molecule has 3 rings (SSSR count). The fourth-order valence-electron chi connectivity index (χ4n) is 3.42. The number of benzene rings is 1. The van der Waals surface area contributed by atoms with E-state index in [-0.39, 0.29) is 18.2 Å². The number of carbonyl (C=O) groups excluding carboxylic acids is 1. The molecular weight excluding hydrogens is 306 g/mol. The predicted molar refractivity (Wildman–Crippen MR) is 93.7 cm³/mol. The van der Waals surface area contributed by atoms with Crippen LogP contribution in [0.5, 0.6) is 5.75 Å². The van der Waals surface area contributed by atoms with Crippen LogP contribution in [0.3, 0.4) is 0 Å². The van der Waals surface area contributed by atoms with Crippen LogP contribution in [-0.2, 0) is 4.74 Å². The Morgan fingerprint density at radius 2 is 2.04 bits per heavy atom. The van der Waals surface area contributed by atoms with Gasteiger partial charge in [-0.15, -0.1) is 0 Å². The van der Waals surface area contributed by atoms with Crippen LogP contribution in [0.1, 0.15) is 19.8 Å². The number of nitrogens with zero attached hydrogens (tertiary/aromatic N) is 2. The molecule has 0 unspecified atom stereocenters.